The van der Waals surface area contributed by atoms with Crippen LogP contribution in [0.25, 0.3) is 0 Å². The predicted octanol–water partition coefficient (Wildman–Crippen LogP) is 9.62. The monoisotopic (exact) mass is 924 g/mol. The molecule has 0 unspecified atom stereocenters. The first-order valence-corrected chi connectivity index (χ1v) is 27.5. The van der Waals surface area contributed by atoms with Gasteiger partial charge in [0.1, 0.15) is 12.2 Å². The zero-order chi connectivity index (χ0) is 36.0. The van der Waals surface area contributed by atoms with Gasteiger partial charge in [0.2, 0.25) is 0 Å². The fraction of sp³-hybridized carbons (Fsp3) is 0.842. The Morgan fingerprint density at radius 3 is 1.25 bits per heavy atom. The lowest BCUT2D eigenvalue weighted by Crippen LogP contribution is -2.53. The van der Waals surface area contributed by atoms with E-state index in [2.05, 4.69) is 126 Å². The van der Waals surface area contributed by atoms with E-state index >= 15 is 0 Å². The fourth-order valence-corrected chi connectivity index (χ4v) is 15.2. The van der Waals surface area contributed by atoms with Gasteiger partial charge in [0.05, 0.1) is 27.0 Å². The molecule has 6 aliphatic rings. The van der Waals surface area contributed by atoms with Gasteiger partial charge < -0.3 is 18.9 Å². The van der Waals surface area contributed by atoms with E-state index in [1.54, 1.807) is 14.2 Å². The lowest BCUT2D eigenvalue weighted by Gasteiger charge is -2.45. The van der Waals surface area contributed by atoms with E-state index in [-0.39, 0.29) is 35.6 Å². The molecule has 4 aliphatic carbocycles. The van der Waals surface area contributed by atoms with Crippen LogP contribution in [0.2, 0.25) is 39.3 Å². The molecule has 0 aromatic rings. The van der Waals surface area contributed by atoms with Crippen LogP contribution < -0.4 is 0 Å². The maximum Gasteiger partial charge on any atom is 0.172 e. The topological polar surface area (TPSA) is 71.1 Å². The molecule has 0 amide bonds. The second-order valence-corrected chi connectivity index (χ2v) is 32.8. The third-order valence-electron chi connectivity index (χ3n) is 13.2. The van der Waals surface area contributed by atoms with Crippen molar-refractivity contribution in [3.63, 3.8) is 0 Å². The summed E-state index contributed by atoms with van der Waals surface area (Å²) in [7, 11) is 0.600. The average Bonchev–Trinajstić information content (AvgIpc) is 3.72. The standard InChI is InChI=1S/2C19H31IO3Si/c2*1-10(2)13-14-11-8-9-12(17(20)24(5,6)7)19(11,3)16(21)15(13)23-18(14)22-4/h2*10-11,13-15,18H,8-9H2,1-7H3/b2*17-12-/t2*11-,13-,14+,15+,18+,19+/m00/s1. The minimum atomic E-state index is -1.42. The van der Waals surface area contributed by atoms with Crippen molar-refractivity contribution in [1.82, 2.24) is 0 Å². The number of methoxy groups -OCH3 is 2. The van der Waals surface area contributed by atoms with Crippen LogP contribution in [0.4, 0.5) is 0 Å². The van der Waals surface area contributed by atoms with E-state index in [1.807, 2.05) is 0 Å². The molecule has 4 bridgehead atoms. The molecule has 2 saturated heterocycles. The van der Waals surface area contributed by atoms with Crippen molar-refractivity contribution < 1.29 is 28.5 Å². The second kappa shape index (κ2) is 13.8. The number of fused-ring (bicyclic) bond motifs is 8. The molecule has 6 rings (SSSR count). The number of carbonyl (C=O) groups is 2. The summed E-state index contributed by atoms with van der Waals surface area (Å²) in [6, 6.07) is 0. The highest BCUT2D eigenvalue weighted by molar-refractivity contribution is 14.1. The van der Waals surface area contributed by atoms with Gasteiger partial charge in [-0.05, 0) is 69.6 Å². The molecular weight excluding hydrogens is 862 g/mol. The van der Waals surface area contributed by atoms with E-state index in [0.717, 1.165) is 25.7 Å². The maximum atomic E-state index is 13.6. The van der Waals surface area contributed by atoms with Crippen LogP contribution in [0, 0.1) is 58.2 Å². The number of carbonyl (C=O) groups excluding carboxylic acids is 2. The van der Waals surface area contributed by atoms with Crippen molar-refractivity contribution in [3.8, 4) is 0 Å². The molecule has 0 aromatic carbocycles. The minimum absolute atomic E-state index is 0.220. The van der Waals surface area contributed by atoms with Gasteiger partial charge in [-0.1, -0.05) is 123 Å². The van der Waals surface area contributed by atoms with E-state index in [0.29, 0.717) is 58.9 Å². The highest BCUT2D eigenvalue weighted by Gasteiger charge is 2.69. The Balaban J connectivity index is 0.000000188. The molecular formula is C38H62I2O6Si2. The summed E-state index contributed by atoms with van der Waals surface area (Å²) in [4.78, 5) is 27.2. The zero-order valence-corrected chi connectivity index (χ0v) is 38.3. The number of ether oxygens (including phenoxy) is 4. The Bertz CT molecular complexity index is 1260. The molecule has 0 N–H and O–H groups in total. The van der Waals surface area contributed by atoms with E-state index in [1.165, 1.54) is 17.6 Å². The molecule has 4 saturated carbocycles. The Hall–Kier alpha value is 0.554. The third kappa shape index (κ3) is 6.03. The van der Waals surface area contributed by atoms with Gasteiger partial charge in [-0.15, -0.1) is 0 Å². The smallest absolute Gasteiger partial charge is 0.172 e. The molecule has 0 spiro atoms. The van der Waals surface area contributed by atoms with Crippen LogP contribution in [0.15, 0.2) is 17.6 Å². The largest absolute Gasteiger partial charge is 0.356 e. The first kappa shape index (κ1) is 39.8. The van der Waals surface area contributed by atoms with Gasteiger partial charge in [-0.25, -0.2) is 0 Å². The molecule has 2 aliphatic heterocycles. The Labute approximate surface area is 320 Å². The SMILES string of the molecule is CO[C@@H]1O[C@H]2C(=O)[C@@]3(C)/C(=C(/I)[Si](C)(C)C)CC[C@H]3[C@@H]1[C@@H]2C(C)C.CO[C@@H]1O[C@H]2C(=O)[C@@]3(C)/C(=C(/I)[Si](C)(C)C)CC[C@H]3[C@@H]1[C@@H]2C(C)C. The molecule has 10 heteroatoms. The molecule has 2 heterocycles. The number of hydrogen-bond donors (Lipinski definition) is 0. The van der Waals surface area contributed by atoms with Crippen LogP contribution in [-0.2, 0) is 28.5 Å². The van der Waals surface area contributed by atoms with Gasteiger partial charge in [0.25, 0.3) is 0 Å². The van der Waals surface area contributed by atoms with Crippen LogP contribution in [0.1, 0.15) is 67.2 Å². The number of ketones is 2. The lowest BCUT2D eigenvalue weighted by molar-refractivity contribution is -0.151. The van der Waals surface area contributed by atoms with Crippen LogP contribution >= 0.6 is 45.2 Å². The number of hydrogen-bond acceptors (Lipinski definition) is 6. The maximum absolute atomic E-state index is 13.6. The van der Waals surface area contributed by atoms with Gasteiger partial charge in [-0.2, -0.15) is 0 Å². The van der Waals surface area contributed by atoms with Crippen molar-refractivity contribution in [1.29, 1.82) is 0 Å². The van der Waals surface area contributed by atoms with Crippen LogP contribution in [-0.4, -0.2) is 66.7 Å². The summed E-state index contributed by atoms with van der Waals surface area (Å²) in [5.74, 6) is 3.51. The van der Waals surface area contributed by atoms with Gasteiger partial charge in [0, 0.05) is 37.9 Å². The Morgan fingerprint density at radius 1 is 0.688 bits per heavy atom. The molecule has 6 nitrogen and oxygen atoms in total. The molecule has 0 radical (unpaired) electrons. The van der Waals surface area contributed by atoms with E-state index < -0.39 is 16.1 Å². The van der Waals surface area contributed by atoms with Crippen molar-refractivity contribution in [2.75, 3.05) is 14.2 Å². The number of allylic oxidation sites excluding steroid dienone is 2. The normalized spacial score (nSPS) is 44.2. The summed E-state index contributed by atoms with van der Waals surface area (Å²) >= 11 is 5.09. The third-order valence-corrected chi connectivity index (χ3v) is 27.5. The molecule has 12 atom stereocenters. The molecule has 272 valence electrons. The van der Waals surface area contributed by atoms with Crippen molar-refractivity contribution >= 4 is 72.9 Å². The highest BCUT2D eigenvalue weighted by atomic mass is 127. The second-order valence-electron chi connectivity index (χ2n) is 18.6. The predicted molar refractivity (Wildman–Crippen MR) is 215 cm³/mol. The van der Waals surface area contributed by atoms with Gasteiger partial charge >= 0.3 is 0 Å². The van der Waals surface area contributed by atoms with Crippen molar-refractivity contribution in [3.05, 3.63) is 17.6 Å². The summed E-state index contributed by atoms with van der Waals surface area (Å²) in [6.45, 7) is 27.6. The lowest BCUT2D eigenvalue weighted by atomic mass is 9.57. The van der Waals surface area contributed by atoms with E-state index in [9.17, 15) is 9.59 Å². The van der Waals surface area contributed by atoms with Crippen molar-refractivity contribution in [2.24, 2.45) is 58.2 Å². The number of halogens is 2. The van der Waals surface area contributed by atoms with Crippen LogP contribution in [0.3, 0.4) is 0 Å². The minimum Gasteiger partial charge on any atom is -0.356 e. The fourth-order valence-electron chi connectivity index (χ4n) is 11.0. The van der Waals surface area contributed by atoms with Crippen molar-refractivity contribution in [2.45, 2.75) is 131 Å². The first-order chi connectivity index (χ1) is 22.1. The Kier molecular flexibility index (Phi) is 11.4. The summed E-state index contributed by atoms with van der Waals surface area (Å²) < 4.78 is 26.7. The quantitative estimate of drug-likeness (QED) is 0.195. The van der Waals surface area contributed by atoms with Crippen LogP contribution in [0.5, 0.6) is 0 Å². The summed E-state index contributed by atoms with van der Waals surface area (Å²) in [5, 5.41) is 0. The van der Waals surface area contributed by atoms with E-state index in [4.69, 9.17) is 18.9 Å². The summed E-state index contributed by atoms with van der Waals surface area (Å²) in [5.41, 5.74) is 2.17. The molecule has 0 aromatic heterocycles. The molecule has 48 heavy (non-hydrogen) atoms. The van der Waals surface area contributed by atoms with Gasteiger partial charge in [0.15, 0.2) is 24.1 Å². The van der Waals surface area contributed by atoms with Gasteiger partial charge in [-0.3, -0.25) is 9.59 Å². The Morgan fingerprint density at radius 2 is 1.00 bits per heavy atom. The molecule has 6 fully saturated rings. The number of Topliss-reactive ketones (excluding diaryl/α,β-unsaturated/α-hetero) is 2. The average molecular weight is 925 g/mol. The first-order valence-electron chi connectivity index (χ1n) is 18.3. The zero-order valence-electron chi connectivity index (χ0n) is 32.0. The highest BCUT2D eigenvalue weighted by Crippen LogP contribution is 2.65. The number of rotatable bonds is 6. The summed E-state index contributed by atoms with van der Waals surface area (Å²) in [6.07, 6.45) is 3.31.